The van der Waals surface area contributed by atoms with Crippen molar-refractivity contribution in [2.75, 3.05) is 6.54 Å². The number of hydrogen-bond donors (Lipinski definition) is 2. The average Bonchev–Trinajstić information content (AvgIpc) is 2.97. The van der Waals surface area contributed by atoms with E-state index in [4.69, 9.17) is 9.63 Å². The SMILES string of the molecule is O[C@H](CNC1(c2noc(C3CC3)n2)CCCC1)C(F)(F)F. The van der Waals surface area contributed by atoms with Crippen LogP contribution in [0.25, 0.3) is 0 Å². The molecule has 0 spiro atoms. The van der Waals surface area contributed by atoms with Crippen molar-refractivity contribution < 1.29 is 22.8 Å². The Morgan fingerprint density at radius 3 is 2.57 bits per heavy atom. The highest BCUT2D eigenvalue weighted by Gasteiger charge is 2.44. The molecule has 1 atom stereocenters. The molecule has 0 aromatic carbocycles. The lowest BCUT2D eigenvalue weighted by Gasteiger charge is -2.28. The molecule has 1 aromatic rings. The number of halogens is 3. The quantitative estimate of drug-likeness (QED) is 0.873. The van der Waals surface area contributed by atoms with Crippen molar-refractivity contribution in [3.05, 3.63) is 11.7 Å². The molecule has 2 fully saturated rings. The first-order chi connectivity index (χ1) is 9.91. The van der Waals surface area contributed by atoms with E-state index in [1.807, 2.05) is 0 Å². The average molecular weight is 305 g/mol. The van der Waals surface area contributed by atoms with Gasteiger partial charge in [-0.2, -0.15) is 18.2 Å². The minimum Gasteiger partial charge on any atom is -0.382 e. The van der Waals surface area contributed by atoms with Crippen molar-refractivity contribution in [1.29, 1.82) is 0 Å². The summed E-state index contributed by atoms with van der Waals surface area (Å²) < 4.78 is 42.5. The fourth-order valence-electron chi connectivity index (χ4n) is 2.79. The molecule has 8 heteroatoms. The van der Waals surface area contributed by atoms with Crippen LogP contribution in [0.2, 0.25) is 0 Å². The third-order valence-electron chi connectivity index (χ3n) is 4.27. The summed E-state index contributed by atoms with van der Waals surface area (Å²) in [5.41, 5.74) is -0.705. The van der Waals surface area contributed by atoms with Crippen molar-refractivity contribution in [1.82, 2.24) is 15.5 Å². The Kier molecular flexibility index (Phi) is 3.69. The van der Waals surface area contributed by atoms with Gasteiger partial charge in [-0.1, -0.05) is 18.0 Å². The van der Waals surface area contributed by atoms with E-state index in [1.165, 1.54) is 0 Å². The summed E-state index contributed by atoms with van der Waals surface area (Å²) in [6.07, 6.45) is -1.87. The summed E-state index contributed by atoms with van der Waals surface area (Å²) in [5, 5.41) is 16.0. The summed E-state index contributed by atoms with van der Waals surface area (Å²) >= 11 is 0. The summed E-state index contributed by atoms with van der Waals surface area (Å²) in [7, 11) is 0. The van der Waals surface area contributed by atoms with Crippen LogP contribution in [0.5, 0.6) is 0 Å². The highest BCUT2D eigenvalue weighted by molar-refractivity contribution is 5.11. The Balaban J connectivity index is 1.72. The van der Waals surface area contributed by atoms with E-state index in [-0.39, 0.29) is 0 Å². The molecule has 0 amide bonds. The second-order valence-electron chi connectivity index (χ2n) is 5.96. The van der Waals surface area contributed by atoms with Crippen LogP contribution in [0.4, 0.5) is 13.2 Å². The van der Waals surface area contributed by atoms with Gasteiger partial charge < -0.3 is 14.9 Å². The van der Waals surface area contributed by atoms with Gasteiger partial charge in [0.2, 0.25) is 5.89 Å². The van der Waals surface area contributed by atoms with Gasteiger partial charge in [0.05, 0.1) is 5.54 Å². The second kappa shape index (κ2) is 5.24. The molecule has 0 aliphatic heterocycles. The van der Waals surface area contributed by atoms with Crippen LogP contribution in [-0.2, 0) is 5.54 Å². The van der Waals surface area contributed by atoms with Crippen LogP contribution in [-0.4, -0.2) is 34.1 Å². The Morgan fingerprint density at radius 1 is 1.33 bits per heavy atom. The summed E-state index contributed by atoms with van der Waals surface area (Å²) in [5.74, 6) is 1.32. The Bertz CT molecular complexity index is 493. The predicted octanol–water partition coefficient (Wildman–Crippen LogP) is 2.23. The van der Waals surface area contributed by atoms with Crippen LogP contribution in [0.1, 0.15) is 56.2 Å². The normalized spacial score (nSPS) is 23.4. The largest absolute Gasteiger partial charge is 0.415 e. The number of hydrogen-bond acceptors (Lipinski definition) is 5. The number of rotatable bonds is 5. The van der Waals surface area contributed by atoms with Gasteiger partial charge in [0.25, 0.3) is 0 Å². The maximum atomic E-state index is 12.4. The molecule has 2 aliphatic carbocycles. The molecule has 5 nitrogen and oxygen atoms in total. The van der Waals surface area contributed by atoms with Crippen molar-refractivity contribution >= 4 is 0 Å². The van der Waals surface area contributed by atoms with Gasteiger partial charge in [-0.3, -0.25) is 0 Å². The zero-order chi connectivity index (χ0) is 15.1. The van der Waals surface area contributed by atoms with E-state index in [0.717, 1.165) is 25.7 Å². The van der Waals surface area contributed by atoms with E-state index in [0.29, 0.717) is 30.5 Å². The zero-order valence-corrected chi connectivity index (χ0v) is 11.5. The lowest BCUT2D eigenvalue weighted by molar-refractivity contribution is -0.203. The third kappa shape index (κ3) is 3.06. The monoisotopic (exact) mass is 305 g/mol. The Morgan fingerprint density at radius 2 is 2.00 bits per heavy atom. The van der Waals surface area contributed by atoms with E-state index < -0.39 is 24.4 Å². The van der Waals surface area contributed by atoms with Crippen molar-refractivity contribution in [2.45, 2.75) is 62.3 Å². The van der Waals surface area contributed by atoms with Gasteiger partial charge in [-0.25, -0.2) is 0 Å². The fourth-order valence-corrected chi connectivity index (χ4v) is 2.79. The molecule has 2 saturated carbocycles. The van der Waals surface area contributed by atoms with Crippen LogP contribution >= 0.6 is 0 Å². The number of aromatic nitrogens is 2. The molecule has 0 radical (unpaired) electrons. The van der Waals surface area contributed by atoms with Gasteiger partial charge in [0.15, 0.2) is 11.9 Å². The number of aliphatic hydroxyl groups is 1. The first-order valence-corrected chi connectivity index (χ1v) is 7.25. The molecule has 0 bridgehead atoms. The predicted molar refractivity (Wildman–Crippen MR) is 66.5 cm³/mol. The maximum absolute atomic E-state index is 12.4. The molecule has 1 heterocycles. The van der Waals surface area contributed by atoms with E-state index in [1.54, 1.807) is 0 Å². The highest BCUT2D eigenvalue weighted by atomic mass is 19.4. The molecule has 0 saturated heterocycles. The molecular weight excluding hydrogens is 287 g/mol. The fraction of sp³-hybridized carbons (Fsp3) is 0.846. The standard InChI is InChI=1S/C13H18F3N3O2/c14-13(15,16)9(20)7-17-12(5-1-2-6-12)11-18-10(21-19-11)8-3-4-8/h8-9,17,20H,1-7H2/t9-/m1/s1. The minimum atomic E-state index is -4.62. The van der Waals surface area contributed by atoms with Crippen molar-refractivity contribution in [3.8, 4) is 0 Å². The molecular formula is C13H18F3N3O2. The van der Waals surface area contributed by atoms with E-state index >= 15 is 0 Å². The third-order valence-corrected chi connectivity index (χ3v) is 4.27. The molecule has 0 unspecified atom stereocenters. The molecule has 21 heavy (non-hydrogen) atoms. The number of alkyl halides is 3. The topological polar surface area (TPSA) is 71.2 Å². The Labute approximate surface area is 119 Å². The van der Waals surface area contributed by atoms with Crippen molar-refractivity contribution in [3.63, 3.8) is 0 Å². The minimum absolute atomic E-state index is 0.311. The van der Waals surface area contributed by atoms with Gasteiger partial charge in [0.1, 0.15) is 0 Å². The van der Waals surface area contributed by atoms with Crippen LogP contribution < -0.4 is 5.32 Å². The number of aliphatic hydroxyl groups excluding tert-OH is 1. The van der Waals surface area contributed by atoms with Gasteiger partial charge in [-0.15, -0.1) is 0 Å². The number of nitrogens with one attached hydrogen (secondary N) is 1. The number of nitrogens with zero attached hydrogens (tertiary/aromatic N) is 2. The lowest BCUT2D eigenvalue weighted by atomic mass is 9.96. The molecule has 3 rings (SSSR count). The molecule has 2 aliphatic rings. The first kappa shape index (κ1) is 14.8. The molecule has 1 aromatic heterocycles. The lowest BCUT2D eigenvalue weighted by Crippen LogP contribution is -2.48. The van der Waals surface area contributed by atoms with Gasteiger partial charge >= 0.3 is 6.18 Å². The first-order valence-electron chi connectivity index (χ1n) is 7.25. The van der Waals surface area contributed by atoms with Crippen LogP contribution in [0, 0.1) is 0 Å². The molecule has 118 valence electrons. The van der Waals surface area contributed by atoms with Gasteiger partial charge in [-0.05, 0) is 25.7 Å². The van der Waals surface area contributed by atoms with E-state index in [2.05, 4.69) is 15.5 Å². The summed E-state index contributed by atoms with van der Waals surface area (Å²) in [6.45, 7) is -0.559. The van der Waals surface area contributed by atoms with Crippen LogP contribution in [0.3, 0.4) is 0 Å². The highest BCUT2D eigenvalue weighted by Crippen LogP contribution is 2.42. The van der Waals surface area contributed by atoms with Gasteiger partial charge in [0, 0.05) is 12.5 Å². The summed E-state index contributed by atoms with van der Waals surface area (Å²) in [6, 6.07) is 0. The van der Waals surface area contributed by atoms with Crippen LogP contribution in [0.15, 0.2) is 4.52 Å². The Hall–Kier alpha value is -1.15. The zero-order valence-electron chi connectivity index (χ0n) is 11.5. The smallest absolute Gasteiger partial charge is 0.382 e. The maximum Gasteiger partial charge on any atom is 0.415 e. The molecule has 2 N–H and O–H groups in total. The summed E-state index contributed by atoms with van der Waals surface area (Å²) in [4.78, 5) is 4.36. The van der Waals surface area contributed by atoms with Crippen molar-refractivity contribution in [2.24, 2.45) is 0 Å². The second-order valence-corrected chi connectivity index (χ2v) is 5.96. The van der Waals surface area contributed by atoms with E-state index in [9.17, 15) is 13.2 Å².